The van der Waals surface area contributed by atoms with Gasteiger partial charge in [0.15, 0.2) is 17.1 Å². The molecule has 0 saturated carbocycles. The van der Waals surface area contributed by atoms with Crippen LogP contribution < -0.4 is 0 Å². The summed E-state index contributed by atoms with van der Waals surface area (Å²) in [6.45, 7) is 6.50. The molecule has 1 aromatic carbocycles. The summed E-state index contributed by atoms with van der Waals surface area (Å²) in [5.41, 5.74) is 3.94. The van der Waals surface area contributed by atoms with Gasteiger partial charge in [-0.3, -0.25) is 0 Å². The van der Waals surface area contributed by atoms with Gasteiger partial charge in [0.25, 0.3) is 0 Å². The summed E-state index contributed by atoms with van der Waals surface area (Å²) in [7, 11) is -3.12. The molecular formula is C19H22N6O2S. The van der Waals surface area contributed by atoms with E-state index in [1.54, 1.807) is 10.8 Å². The molecule has 8 nitrogen and oxygen atoms in total. The highest BCUT2D eigenvalue weighted by Gasteiger charge is 2.18. The molecule has 4 aromatic rings. The second-order valence-electron chi connectivity index (χ2n) is 8.01. The van der Waals surface area contributed by atoms with Crippen LogP contribution in [-0.4, -0.2) is 50.0 Å². The van der Waals surface area contributed by atoms with Crippen LogP contribution in [0.5, 0.6) is 0 Å². The lowest BCUT2D eigenvalue weighted by molar-refractivity contribution is 0.590. The van der Waals surface area contributed by atoms with Crippen molar-refractivity contribution in [3.8, 4) is 11.4 Å². The molecular weight excluding hydrogens is 376 g/mol. The summed E-state index contributed by atoms with van der Waals surface area (Å²) in [5, 5.41) is 4.61. The Balaban J connectivity index is 1.83. The number of nitrogens with zero attached hydrogens (tertiary/aromatic N) is 5. The third-order valence-electron chi connectivity index (χ3n) is 4.64. The van der Waals surface area contributed by atoms with E-state index >= 15 is 0 Å². The zero-order valence-corrected chi connectivity index (χ0v) is 17.1. The molecule has 3 aromatic heterocycles. The molecule has 4 rings (SSSR count). The van der Waals surface area contributed by atoms with E-state index in [-0.39, 0.29) is 17.6 Å². The zero-order valence-electron chi connectivity index (χ0n) is 16.3. The zero-order chi connectivity index (χ0) is 20.1. The quantitative estimate of drug-likeness (QED) is 0.566. The van der Waals surface area contributed by atoms with E-state index in [4.69, 9.17) is 0 Å². The summed E-state index contributed by atoms with van der Waals surface area (Å²) >= 11 is 0. The van der Waals surface area contributed by atoms with E-state index in [9.17, 15) is 8.42 Å². The molecule has 1 N–H and O–H groups in total. The minimum Gasteiger partial charge on any atom is -0.340 e. The number of aromatic nitrogens is 6. The molecule has 0 unspecified atom stereocenters. The summed E-state index contributed by atoms with van der Waals surface area (Å²) in [5.74, 6) is 1.07. The van der Waals surface area contributed by atoms with Crippen LogP contribution in [0.15, 0.2) is 30.6 Å². The number of hydrogen-bond donors (Lipinski definition) is 1. The van der Waals surface area contributed by atoms with E-state index in [0.29, 0.717) is 28.5 Å². The van der Waals surface area contributed by atoms with Gasteiger partial charge in [0.2, 0.25) is 0 Å². The molecule has 3 heterocycles. The minimum atomic E-state index is -3.12. The predicted molar refractivity (Wildman–Crippen MR) is 108 cm³/mol. The van der Waals surface area contributed by atoms with E-state index in [1.807, 2.05) is 12.1 Å². The predicted octanol–water partition coefficient (Wildman–Crippen LogP) is 2.55. The van der Waals surface area contributed by atoms with Crippen molar-refractivity contribution in [2.75, 3.05) is 12.0 Å². The Morgan fingerprint density at radius 2 is 1.82 bits per heavy atom. The lowest BCUT2D eigenvalue weighted by Gasteiger charge is -2.18. The van der Waals surface area contributed by atoms with Crippen molar-refractivity contribution < 1.29 is 8.42 Å². The molecule has 0 aliphatic heterocycles. The highest BCUT2D eigenvalue weighted by molar-refractivity contribution is 7.90. The Bertz CT molecular complexity index is 1260. The Hall–Kier alpha value is -2.81. The summed E-state index contributed by atoms with van der Waals surface area (Å²) < 4.78 is 24.8. The van der Waals surface area contributed by atoms with Crippen LogP contribution >= 0.6 is 0 Å². The van der Waals surface area contributed by atoms with Gasteiger partial charge in [-0.2, -0.15) is 4.52 Å². The van der Waals surface area contributed by atoms with Crippen molar-refractivity contribution in [1.82, 2.24) is 29.5 Å². The van der Waals surface area contributed by atoms with Crippen LogP contribution in [-0.2, 0) is 21.7 Å². The van der Waals surface area contributed by atoms with Crippen LogP contribution in [0, 0.1) is 0 Å². The van der Waals surface area contributed by atoms with Crippen molar-refractivity contribution in [2.24, 2.45) is 0 Å². The van der Waals surface area contributed by atoms with Crippen LogP contribution in [0.4, 0.5) is 0 Å². The first-order valence-electron chi connectivity index (χ1n) is 8.99. The summed E-state index contributed by atoms with van der Waals surface area (Å²) in [6, 6.07) is 8.16. The lowest BCUT2D eigenvalue weighted by Crippen LogP contribution is -2.11. The number of fused-ring (bicyclic) bond motifs is 3. The molecule has 146 valence electrons. The lowest BCUT2D eigenvalue weighted by atomic mass is 9.87. The normalized spacial score (nSPS) is 12.9. The number of nitrogens with one attached hydrogen (secondary N) is 1. The molecule has 0 amide bonds. The van der Waals surface area contributed by atoms with Gasteiger partial charge in [-0.15, -0.1) is 5.10 Å². The van der Waals surface area contributed by atoms with Gasteiger partial charge in [-0.05, 0) is 11.0 Å². The molecule has 28 heavy (non-hydrogen) atoms. The first-order chi connectivity index (χ1) is 13.1. The second kappa shape index (κ2) is 6.37. The number of imidazole rings is 1. The minimum absolute atomic E-state index is 0.0134. The van der Waals surface area contributed by atoms with E-state index in [2.05, 4.69) is 57.9 Å². The van der Waals surface area contributed by atoms with Crippen molar-refractivity contribution in [3.05, 3.63) is 42.0 Å². The number of aromatic amines is 1. The van der Waals surface area contributed by atoms with Crippen molar-refractivity contribution >= 4 is 26.6 Å². The first-order valence-corrected chi connectivity index (χ1v) is 11.1. The van der Waals surface area contributed by atoms with Gasteiger partial charge in [0.05, 0.1) is 12.1 Å². The largest absolute Gasteiger partial charge is 0.340 e. The third kappa shape index (κ3) is 3.49. The fourth-order valence-corrected chi connectivity index (χ4v) is 3.59. The van der Waals surface area contributed by atoms with Gasteiger partial charge in [-0.25, -0.2) is 23.4 Å². The van der Waals surface area contributed by atoms with Crippen LogP contribution in [0.3, 0.4) is 0 Å². The molecule has 0 aliphatic rings. The van der Waals surface area contributed by atoms with Crippen LogP contribution in [0.25, 0.3) is 28.2 Å². The van der Waals surface area contributed by atoms with Crippen molar-refractivity contribution in [3.63, 3.8) is 0 Å². The Kier molecular flexibility index (Phi) is 4.22. The summed E-state index contributed by atoms with van der Waals surface area (Å²) in [6.07, 6.45) is 3.00. The molecule has 0 aliphatic carbocycles. The molecule has 0 saturated heterocycles. The van der Waals surface area contributed by atoms with E-state index in [0.717, 1.165) is 5.56 Å². The second-order valence-corrected chi connectivity index (χ2v) is 10.3. The number of benzene rings is 1. The highest BCUT2D eigenvalue weighted by Crippen LogP contribution is 2.26. The van der Waals surface area contributed by atoms with Gasteiger partial charge < -0.3 is 4.98 Å². The van der Waals surface area contributed by atoms with E-state index in [1.165, 1.54) is 11.8 Å². The number of rotatable bonds is 4. The maximum atomic E-state index is 11.6. The van der Waals surface area contributed by atoms with Gasteiger partial charge in [-0.1, -0.05) is 45.0 Å². The molecule has 0 radical (unpaired) electrons. The van der Waals surface area contributed by atoms with Crippen LogP contribution in [0.2, 0.25) is 0 Å². The van der Waals surface area contributed by atoms with Gasteiger partial charge >= 0.3 is 0 Å². The molecule has 9 heteroatoms. The molecule has 0 spiro atoms. The van der Waals surface area contributed by atoms with Gasteiger partial charge in [0.1, 0.15) is 21.2 Å². The Morgan fingerprint density at radius 1 is 1.11 bits per heavy atom. The third-order valence-corrected chi connectivity index (χ3v) is 5.58. The maximum Gasteiger partial charge on any atom is 0.185 e. The number of sulfone groups is 1. The SMILES string of the molecule is CC(C)(C)c1ccc(-c2nc3c4[nH]cnc4nc(CCS(C)(=O)=O)n3n2)cc1. The Labute approximate surface area is 163 Å². The standard InChI is InChI=1S/C19H22N6O2S/c1-19(2,3)13-7-5-12(6-8-13)16-23-18-15-17(21-11-20-15)22-14(25(18)24-16)9-10-28(4,26)27/h5-8,11H,9-10H2,1-4H3,(H,20,21). The highest BCUT2D eigenvalue weighted by atomic mass is 32.2. The van der Waals surface area contributed by atoms with Gasteiger partial charge in [0, 0.05) is 18.2 Å². The number of H-pyrrole nitrogens is 1. The Morgan fingerprint density at radius 3 is 2.46 bits per heavy atom. The first kappa shape index (κ1) is 18.5. The van der Waals surface area contributed by atoms with Crippen LogP contribution in [0.1, 0.15) is 32.2 Å². The van der Waals surface area contributed by atoms with E-state index < -0.39 is 9.84 Å². The molecule has 0 fully saturated rings. The molecule has 0 bridgehead atoms. The maximum absolute atomic E-state index is 11.6. The summed E-state index contributed by atoms with van der Waals surface area (Å²) in [4.78, 5) is 16.4. The smallest absolute Gasteiger partial charge is 0.185 e. The fourth-order valence-electron chi connectivity index (χ4n) is 3.04. The van der Waals surface area contributed by atoms with Crippen molar-refractivity contribution in [2.45, 2.75) is 32.6 Å². The monoisotopic (exact) mass is 398 g/mol. The number of aryl methyl sites for hydroxylation is 1. The number of hydrogen-bond acceptors (Lipinski definition) is 6. The topological polar surface area (TPSA) is 106 Å². The average Bonchev–Trinajstić information content (AvgIpc) is 3.24. The van der Waals surface area contributed by atoms with Crippen molar-refractivity contribution in [1.29, 1.82) is 0 Å². The molecule has 0 atom stereocenters. The average molecular weight is 398 g/mol. The fraction of sp³-hybridized carbons (Fsp3) is 0.368.